The Kier molecular flexibility index (Phi) is 2.77. The predicted molar refractivity (Wildman–Crippen MR) is 85.6 cm³/mol. The summed E-state index contributed by atoms with van der Waals surface area (Å²) in [5, 5.41) is 4.63. The lowest BCUT2D eigenvalue weighted by molar-refractivity contribution is 0.949. The third kappa shape index (κ3) is 1.83. The van der Waals surface area contributed by atoms with Gasteiger partial charge in [-0.05, 0) is 25.8 Å². The van der Waals surface area contributed by atoms with Crippen LogP contribution >= 0.6 is 11.3 Å². The Hall–Kier alpha value is -1.81. The third-order valence-corrected chi connectivity index (χ3v) is 4.92. The number of nitrogens with zero attached hydrogens (tertiary/aromatic N) is 2. The van der Waals surface area contributed by atoms with Gasteiger partial charge in [-0.2, -0.15) is 0 Å². The molecule has 0 unspecified atom stereocenters. The number of aromatic amines is 1. The molecule has 3 nitrogen and oxygen atoms in total. The monoisotopic (exact) mass is 283 g/mol. The third-order valence-electron chi connectivity index (χ3n) is 4.02. The fourth-order valence-electron chi connectivity index (χ4n) is 3.04. The molecule has 0 spiro atoms. The maximum Gasteiger partial charge on any atom is 0.185 e. The highest BCUT2D eigenvalue weighted by Crippen LogP contribution is 2.35. The van der Waals surface area contributed by atoms with Crippen molar-refractivity contribution in [3.63, 3.8) is 0 Å². The van der Waals surface area contributed by atoms with Crippen LogP contribution < -0.4 is 4.90 Å². The average molecular weight is 283 g/mol. The second-order valence-corrected chi connectivity index (χ2v) is 6.22. The first kappa shape index (κ1) is 12.0. The summed E-state index contributed by atoms with van der Waals surface area (Å²) in [5.41, 5.74) is 4.74. The SMILES string of the molecule is Cc1[nH]c2ccccc2c1-c1csc(N2CCCC2)n1. The van der Waals surface area contributed by atoms with E-state index in [1.54, 1.807) is 11.3 Å². The molecular weight excluding hydrogens is 266 g/mol. The van der Waals surface area contributed by atoms with Crippen molar-refractivity contribution in [2.45, 2.75) is 19.8 Å². The molecule has 102 valence electrons. The van der Waals surface area contributed by atoms with E-state index in [4.69, 9.17) is 4.98 Å². The summed E-state index contributed by atoms with van der Waals surface area (Å²) in [6.07, 6.45) is 2.59. The smallest absolute Gasteiger partial charge is 0.185 e. The largest absolute Gasteiger partial charge is 0.358 e. The molecule has 0 radical (unpaired) electrons. The van der Waals surface area contributed by atoms with E-state index in [2.05, 4.69) is 46.5 Å². The molecule has 1 fully saturated rings. The number of thiazole rings is 1. The number of aryl methyl sites for hydroxylation is 1. The second-order valence-electron chi connectivity index (χ2n) is 5.38. The Bertz CT molecular complexity index is 750. The number of hydrogen-bond acceptors (Lipinski definition) is 3. The predicted octanol–water partition coefficient (Wildman–Crippen LogP) is 4.20. The minimum atomic E-state index is 1.10. The van der Waals surface area contributed by atoms with Crippen LogP contribution in [-0.2, 0) is 0 Å². The van der Waals surface area contributed by atoms with Crippen LogP contribution in [0.4, 0.5) is 5.13 Å². The van der Waals surface area contributed by atoms with Gasteiger partial charge in [0.15, 0.2) is 5.13 Å². The molecule has 1 aliphatic heterocycles. The number of H-pyrrole nitrogens is 1. The van der Waals surface area contributed by atoms with Gasteiger partial charge in [0.05, 0.1) is 5.69 Å². The molecule has 1 N–H and O–H groups in total. The normalized spacial score (nSPS) is 15.3. The topological polar surface area (TPSA) is 31.9 Å². The zero-order valence-corrected chi connectivity index (χ0v) is 12.3. The minimum Gasteiger partial charge on any atom is -0.358 e. The highest BCUT2D eigenvalue weighted by atomic mass is 32.1. The highest BCUT2D eigenvalue weighted by molar-refractivity contribution is 7.14. The molecule has 0 aliphatic carbocycles. The highest BCUT2D eigenvalue weighted by Gasteiger charge is 2.18. The summed E-state index contributed by atoms with van der Waals surface area (Å²) in [7, 11) is 0. The molecule has 0 amide bonds. The zero-order valence-electron chi connectivity index (χ0n) is 11.5. The fourth-order valence-corrected chi connectivity index (χ4v) is 3.91. The zero-order chi connectivity index (χ0) is 13.5. The number of nitrogens with one attached hydrogen (secondary N) is 1. The first-order valence-electron chi connectivity index (χ1n) is 7.11. The van der Waals surface area contributed by atoms with Gasteiger partial charge in [-0.1, -0.05) is 18.2 Å². The molecule has 4 rings (SSSR count). The molecule has 1 saturated heterocycles. The van der Waals surface area contributed by atoms with Crippen LogP contribution in [0.25, 0.3) is 22.2 Å². The van der Waals surface area contributed by atoms with Crippen LogP contribution in [0.2, 0.25) is 0 Å². The maximum absolute atomic E-state index is 4.87. The van der Waals surface area contributed by atoms with E-state index in [9.17, 15) is 0 Å². The molecular formula is C16H17N3S. The quantitative estimate of drug-likeness (QED) is 0.764. The maximum atomic E-state index is 4.87. The van der Waals surface area contributed by atoms with Crippen molar-refractivity contribution in [1.82, 2.24) is 9.97 Å². The van der Waals surface area contributed by atoms with E-state index < -0.39 is 0 Å². The number of para-hydroxylation sites is 1. The first-order valence-corrected chi connectivity index (χ1v) is 7.99. The van der Waals surface area contributed by atoms with Crippen molar-refractivity contribution >= 4 is 27.4 Å². The van der Waals surface area contributed by atoms with E-state index in [0.717, 1.165) is 18.8 Å². The Labute approximate surface area is 122 Å². The summed E-state index contributed by atoms with van der Waals surface area (Å²) < 4.78 is 0. The van der Waals surface area contributed by atoms with Crippen molar-refractivity contribution in [2.24, 2.45) is 0 Å². The van der Waals surface area contributed by atoms with Crippen molar-refractivity contribution in [3.8, 4) is 11.3 Å². The lowest BCUT2D eigenvalue weighted by Gasteiger charge is -2.12. The summed E-state index contributed by atoms with van der Waals surface area (Å²) in [6, 6.07) is 8.45. The van der Waals surface area contributed by atoms with Gasteiger partial charge in [-0.15, -0.1) is 11.3 Å². The van der Waals surface area contributed by atoms with Gasteiger partial charge in [0.1, 0.15) is 0 Å². The number of aromatic nitrogens is 2. The molecule has 0 bridgehead atoms. The minimum absolute atomic E-state index is 1.10. The molecule has 2 aromatic heterocycles. The van der Waals surface area contributed by atoms with E-state index >= 15 is 0 Å². The molecule has 1 aliphatic rings. The van der Waals surface area contributed by atoms with Crippen LogP contribution in [0, 0.1) is 6.92 Å². The molecule has 0 atom stereocenters. The molecule has 20 heavy (non-hydrogen) atoms. The summed E-state index contributed by atoms with van der Waals surface area (Å²) >= 11 is 1.76. The lowest BCUT2D eigenvalue weighted by atomic mass is 10.1. The van der Waals surface area contributed by atoms with Gasteiger partial charge in [0.25, 0.3) is 0 Å². The van der Waals surface area contributed by atoms with Crippen LogP contribution in [0.15, 0.2) is 29.6 Å². The van der Waals surface area contributed by atoms with E-state index in [1.807, 2.05) is 0 Å². The van der Waals surface area contributed by atoms with Gasteiger partial charge >= 0.3 is 0 Å². The van der Waals surface area contributed by atoms with Crippen LogP contribution in [-0.4, -0.2) is 23.1 Å². The first-order chi connectivity index (χ1) is 9.83. The Balaban J connectivity index is 1.81. The Morgan fingerprint density at radius 1 is 1.20 bits per heavy atom. The molecule has 1 aromatic carbocycles. The van der Waals surface area contributed by atoms with Crippen LogP contribution in [0.1, 0.15) is 18.5 Å². The van der Waals surface area contributed by atoms with Crippen molar-refractivity contribution in [1.29, 1.82) is 0 Å². The van der Waals surface area contributed by atoms with Crippen LogP contribution in [0.3, 0.4) is 0 Å². The average Bonchev–Trinajstić information content (AvgIpc) is 3.16. The molecule has 3 aromatic rings. The number of benzene rings is 1. The summed E-state index contributed by atoms with van der Waals surface area (Å²) in [4.78, 5) is 10.7. The van der Waals surface area contributed by atoms with Crippen LogP contribution in [0.5, 0.6) is 0 Å². The summed E-state index contributed by atoms with van der Waals surface area (Å²) in [5.74, 6) is 0. The number of rotatable bonds is 2. The lowest BCUT2D eigenvalue weighted by Crippen LogP contribution is -2.17. The van der Waals surface area contributed by atoms with E-state index in [0.29, 0.717) is 0 Å². The van der Waals surface area contributed by atoms with Gasteiger partial charge in [0.2, 0.25) is 0 Å². The fraction of sp³-hybridized carbons (Fsp3) is 0.312. The van der Waals surface area contributed by atoms with Gasteiger partial charge in [-0.25, -0.2) is 4.98 Å². The number of fused-ring (bicyclic) bond motifs is 1. The van der Waals surface area contributed by atoms with Crippen molar-refractivity contribution < 1.29 is 0 Å². The van der Waals surface area contributed by atoms with Gasteiger partial charge < -0.3 is 9.88 Å². The Morgan fingerprint density at radius 2 is 2.00 bits per heavy atom. The second kappa shape index (κ2) is 4.63. The number of anilines is 1. The number of hydrogen-bond donors (Lipinski definition) is 1. The van der Waals surface area contributed by atoms with Crippen molar-refractivity contribution in [3.05, 3.63) is 35.3 Å². The molecule has 0 saturated carbocycles. The van der Waals surface area contributed by atoms with E-state index in [1.165, 1.54) is 40.1 Å². The summed E-state index contributed by atoms with van der Waals surface area (Å²) in [6.45, 7) is 4.43. The van der Waals surface area contributed by atoms with Crippen molar-refractivity contribution in [2.75, 3.05) is 18.0 Å². The molecule has 4 heteroatoms. The van der Waals surface area contributed by atoms with Gasteiger partial charge in [-0.3, -0.25) is 0 Å². The Morgan fingerprint density at radius 3 is 2.85 bits per heavy atom. The standard InChI is InChI=1S/C16H17N3S/c1-11-15(12-6-2-3-7-13(12)17-11)14-10-20-16(18-14)19-8-4-5-9-19/h2-3,6-7,10,17H,4-5,8-9H2,1H3. The molecule has 3 heterocycles. The van der Waals surface area contributed by atoms with Gasteiger partial charge in [0, 0.05) is 40.6 Å². The van der Waals surface area contributed by atoms with E-state index in [-0.39, 0.29) is 0 Å².